The number of hydrogen-bond donors (Lipinski definition) is 0. The second-order valence-corrected chi connectivity index (χ2v) is 15.1. The number of benzene rings is 8. The minimum Gasteiger partial charge on any atom is -0.456 e. The number of furan rings is 2. The van der Waals surface area contributed by atoms with Crippen molar-refractivity contribution in [2.45, 2.75) is 19.3 Å². The molecule has 5 heteroatoms. The number of fused-ring (bicyclic) bond motifs is 11. The molecule has 1 aliphatic rings. The Labute approximate surface area is 327 Å². The van der Waals surface area contributed by atoms with Crippen molar-refractivity contribution in [2.24, 2.45) is 0 Å². The Bertz CT molecular complexity index is 3470. The topological polar surface area (TPSA) is 65.0 Å². The van der Waals surface area contributed by atoms with Crippen LogP contribution in [0.5, 0.6) is 0 Å². The van der Waals surface area contributed by atoms with Gasteiger partial charge in [-0.3, -0.25) is 0 Å². The van der Waals surface area contributed by atoms with Crippen LogP contribution in [0.4, 0.5) is 0 Å². The number of hydrogen-bond acceptors (Lipinski definition) is 5. The average Bonchev–Trinajstić information content (AvgIpc) is 3.86. The zero-order valence-electron chi connectivity index (χ0n) is 31.0. The highest BCUT2D eigenvalue weighted by Crippen LogP contribution is 2.47. The summed E-state index contributed by atoms with van der Waals surface area (Å²) in [5.41, 5.74) is 8.75. The fourth-order valence-electron chi connectivity index (χ4n) is 9.13. The van der Waals surface area contributed by atoms with Crippen molar-refractivity contribution < 1.29 is 8.83 Å². The molecule has 0 N–H and O–H groups in total. The lowest BCUT2D eigenvalue weighted by molar-refractivity contribution is 0.589. The number of aromatic nitrogens is 3. The summed E-state index contributed by atoms with van der Waals surface area (Å²) in [5.74, 6) is 3.15. The molecule has 0 radical (unpaired) electrons. The van der Waals surface area contributed by atoms with Crippen molar-refractivity contribution in [2.75, 3.05) is 0 Å². The van der Waals surface area contributed by atoms with Gasteiger partial charge < -0.3 is 8.83 Å². The van der Waals surface area contributed by atoms with E-state index in [2.05, 4.69) is 140 Å². The van der Waals surface area contributed by atoms with Gasteiger partial charge in [-0.15, -0.1) is 0 Å². The van der Waals surface area contributed by atoms with E-state index in [1.165, 1.54) is 10.9 Å². The summed E-state index contributed by atoms with van der Waals surface area (Å²) < 4.78 is 13.5. The van der Waals surface area contributed by atoms with E-state index >= 15 is 0 Å². The van der Waals surface area contributed by atoms with Crippen LogP contribution in [-0.2, 0) is 0 Å². The standard InChI is InChI=1S/C52H33N3O2/c1-30-14-11-26-44-46(30)43-29-41(36-21-9-10-22-37(36)49(43)56-44)38-23-12-24-39-47-40(25-13-27-45(47)57-48(38)39)51-53-50(31-15-3-2-4-16-31)54-52(55-51)42-28-32-17-5-6-18-33(32)34-19-7-8-20-35(34)42/h2-13,15-30H,14H2,1H3. The zero-order valence-corrected chi connectivity index (χ0v) is 31.0. The lowest BCUT2D eigenvalue weighted by atomic mass is 9.88. The molecule has 8 aromatic carbocycles. The highest BCUT2D eigenvalue weighted by atomic mass is 16.3. The van der Waals surface area contributed by atoms with Crippen molar-refractivity contribution in [3.63, 3.8) is 0 Å². The Kier molecular flexibility index (Phi) is 6.90. The molecular weight excluding hydrogens is 699 g/mol. The molecule has 0 bridgehead atoms. The lowest BCUT2D eigenvalue weighted by Crippen LogP contribution is -2.01. The van der Waals surface area contributed by atoms with Crippen molar-refractivity contribution >= 4 is 71.3 Å². The minimum atomic E-state index is 0.364. The SMILES string of the molecule is CC1CC=Cc2oc3c(cc(-c4cccc5c4oc4cccc(-c6nc(-c7ccccc7)nc(-c7cc8ccccc8c8ccccc78)n6)c45)c4ccccc43)c21. The number of allylic oxidation sites excluding steroid dienone is 1. The molecule has 11 aromatic rings. The summed E-state index contributed by atoms with van der Waals surface area (Å²) in [6.45, 7) is 2.28. The van der Waals surface area contributed by atoms with E-state index in [0.29, 0.717) is 23.4 Å². The predicted molar refractivity (Wildman–Crippen MR) is 233 cm³/mol. The first-order valence-corrected chi connectivity index (χ1v) is 19.5. The van der Waals surface area contributed by atoms with Gasteiger partial charge in [0.1, 0.15) is 22.5 Å². The van der Waals surface area contributed by atoms with E-state index in [4.69, 9.17) is 23.8 Å². The number of nitrogens with zero attached hydrogens (tertiary/aromatic N) is 3. The van der Waals surface area contributed by atoms with Crippen LogP contribution >= 0.6 is 0 Å². The first kappa shape index (κ1) is 31.9. The summed E-state index contributed by atoms with van der Waals surface area (Å²) in [6.07, 6.45) is 5.34. The zero-order chi connectivity index (χ0) is 37.6. The van der Waals surface area contributed by atoms with Gasteiger partial charge in [-0.1, -0.05) is 146 Å². The van der Waals surface area contributed by atoms with Gasteiger partial charge in [0.15, 0.2) is 17.5 Å². The van der Waals surface area contributed by atoms with E-state index < -0.39 is 0 Å². The Morgan fingerprint density at radius 3 is 1.96 bits per heavy atom. The maximum Gasteiger partial charge on any atom is 0.164 e. The molecule has 0 saturated heterocycles. The van der Waals surface area contributed by atoms with Crippen LogP contribution in [0.25, 0.3) is 117 Å². The molecule has 0 spiro atoms. The monoisotopic (exact) mass is 731 g/mol. The molecule has 0 saturated carbocycles. The summed E-state index contributed by atoms with van der Waals surface area (Å²) in [7, 11) is 0. The Balaban J connectivity index is 1.11. The lowest BCUT2D eigenvalue weighted by Gasteiger charge is -2.14. The Morgan fingerprint density at radius 1 is 0.474 bits per heavy atom. The van der Waals surface area contributed by atoms with Gasteiger partial charge in [0, 0.05) is 49.4 Å². The van der Waals surface area contributed by atoms with Crippen LogP contribution in [0.2, 0.25) is 0 Å². The third kappa shape index (κ3) is 4.85. The second kappa shape index (κ2) is 12.3. The van der Waals surface area contributed by atoms with Gasteiger partial charge >= 0.3 is 0 Å². The largest absolute Gasteiger partial charge is 0.456 e. The van der Waals surface area contributed by atoms with Gasteiger partial charge in [0.25, 0.3) is 0 Å². The Morgan fingerprint density at radius 2 is 1.12 bits per heavy atom. The van der Waals surface area contributed by atoms with Crippen LogP contribution in [0.15, 0.2) is 167 Å². The second-order valence-electron chi connectivity index (χ2n) is 15.1. The van der Waals surface area contributed by atoms with Crippen LogP contribution < -0.4 is 0 Å². The molecule has 57 heavy (non-hydrogen) atoms. The summed E-state index contributed by atoms with van der Waals surface area (Å²) >= 11 is 0. The highest BCUT2D eigenvalue weighted by Gasteiger charge is 2.25. The predicted octanol–water partition coefficient (Wildman–Crippen LogP) is 14.2. The van der Waals surface area contributed by atoms with Crippen molar-refractivity contribution in [3.05, 3.63) is 169 Å². The van der Waals surface area contributed by atoms with E-state index in [1.807, 2.05) is 30.3 Å². The molecule has 5 nitrogen and oxygen atoms in total. The first-order valence-electron chi connectivity index (χ1n) is 19.5. The molecule has 12 rings (SSSR count). The molecule has 268 valence electrons. The van der Waals surface area contributed by atoms with Crippen molar-refractivity contribution in [3.8, 4) is 45.3 Å². The molecular formula is C52H33N3O2. The summed E-state index contributed by atoms with van der Waals surface area (Å²) in [6, 6.07) is 52.9. The smallest absolute Gasteiger partial charge is 0.164 e. The van der Waals surface area contributed by atoms with Crippen LogP contribution in [0, 0.1) is 0 Å². The maximum absolute atomic E-state index is 6.91. The van der Waals surface area contributed by atoms with Crippen LogP contribution in [-0.4, -0.2) is 15.0 Å². The molecule has 3 aromatic heterocycles. The Hall–Kier alpha value is -7.37. The highest BCUT2D eigenvalue weighted by molar-refractivity contribution is 6.19. The molecule has 1 unspecified atom stereocenters. The fourth-order valence-corrected chi connectivity index (χ4v) is 9.13. The molecule has 0 fully saturated rings. The van der Waals surface area contributed by atoms with Crippen LogP contribution in [0.3, 0.4) is 0 Å². The molecule has 0 aliphatic heterocycles. The quantitative estimate of drug-likeness (QED) is 0.169. The first-order chi connectivity index (χ1) is 28.2. The average molecular weight is 732 g/mol. The minimum absolute atomic E-state index is 0.364. The molecule has 1 atom stereocenters. The van der Waals surface area contributed by atoms with Gasteiger partial charge in [-0.2, -0.15) is 0 Å². The van der Waals surface area contributed by atoms with Crippen molar-refractivity contribution in [1.82, 2.24) is 15.0 Å². The normalized spacial score (nSPS) is 14.1. The van der Waals surface area contributed by atoms with Gasteiger partial charge in [-0.05, 0) is 69.1 Å². The van der Waals surface area contributed by atoms with E-state index in [1.54, 1.807) is 0 Å². The van der Waals surface area contributed by atoms with E-state index in [9.17, 15) is 0 Å². The fraction of sp³-hybridized carbons (Fsp3) is 0.0577. The van der Waals surface area contributed by atoms with Gasteiger partial charge in [0.2, 0.25) is 0 Å². The molecule has 1 aliphatic carbocycles. The van der Waals surface area contributed by atoms with E-state index in [-0.39, 0.29) is 0 Å². The van der Waals surface area contributed by atoms with Gasteiger partial charge in [-0.25, -0.2) is 15.0 Å². The van der Waals surface area contributed by atoms with Gasteiger partial charge in [0.05, 0.1) is 0 Å². The maximum atomic E-state index is 6.91. The molecule has 0 amide bonds. The summed E-state index contributed by atoms with van der Waals surface area (Å²) in [4.78, 5) is 15.7. The number of rotatable bonds is 4. The number of para-hydroxylation sites is 1. The summed E-state index contributed by atoms with van der Waals surface area (Å²) in [5, 5.41) is 9.96. The molecule has 3 heterocycles. The third-order valence-electron chi connectivity index (χ3n) is 11.7. The third-order valence-corrected chi connectivity index (χ3v) is 11.7. The van der Waals surface area contributed by atoms with Crippen molar-refractivity contribution in [1.29, 1.82) is 0 Å². The van der Waals surface area contributed by atoms with E-state index in [0.717, 1.165) is 99.8 Å². The van der Waals surface area contributed by atoms with Crippen LogP contribution in [0.1, 0.15) is 30.6 Å².